The summed E-state index contributed by atoms with van der Waals surface area (Å²) in [6, 6.07) is 8.00. The Morgan fingerprint density at radius 3 is 3.00 bits per heavy atom. The second-order valence-electron chi connectivity index (χ2n) is 3.38. The van der Waals surface area contributed by atoms with Crippen LogP contribution in [-0.2, 0) is 0 Å². The largest absolute Gasteiger partial charge is 0.507 e. The molecule has 2 N–H and O–H groups in total. The van der Waals surface area contributed by atoms with Gasteiger partial charge in [0.15, 0.2) is 0 Å². The van der Waals surface area contributed by atoms with Crippen LogP contribution in [0.5, 0.6) is 5.75 Å². The zero-order valence-electron chi connectivity index (χ0n) is 9.13. The van der Waals surface area contributed by atoms with Crippen LogP contribution in [0.2, 0.25) is 5.02 Å². The van der Waals surface area contributed by atoms with E-state index in [9.17, 15) is 9.90 Å². The number of nitrogens with zero attached hydrogens (tertiary/aromatic N) is 1. The average molecular weight is 281 g/mol. The molecule has 18 heavy (non-hydrogen) atoms. The zero-order valence-corrected chi connectivity index (χ0v) is 10.7. The van der Waals surface area contributed by atoms with E-state index in [0.29, 0.717) is 5.02 Å². The number of benzene rings is 1. The highest BCUT2D eigenvalue weighted by molar-refractivity contribution is 7.11. The van der Waals surface area contributed by atoms with Gasteiger partial charge in [-0.2, -0.15) is 5.10 Å². The van der Waals surface area contributed by atoms with E-state index in [1.54, 1.807) is 0 Å². The van der Waals surface area contributed by atoms with Crippen LogP contribution in [0, 0.1) is 0 Å². The number of hydrazone groups is 1. The van der Waals surface area contributed by atoms with Crippen LogP contribution in [0.15, 0.2) is 40.8 Å². The van der Waals surface area contributed by atoms with Crippen LogP contribution >= 0.6 is 22.9 Å². The zero-order chi connectivity index (χ0) is 13.0. The molecule has 4 nitrogen and oxygen atoms in total. The molecule has 0 saturated carbocycles. The number of thiophene rings is 1. The van der Waals surface area contributed by atoms with E-state index in [0.717, 1.165) is 4.88 Å². The molecule has 2 aromatic rings. The van der Waals surface area contributed by atoms with Crippen molar-refractivity contribution in [2.75, 3.05) is 0 Å². The summed E-state index contributed by atoms with van der Waals surface area (Å²) < 4.78 is 0. The van der Waals surface area contributed by atoms with Gasteiger partial charge in [0, 0.05) is 9.90 Å². The highest BCUT2D eigenvalue weighted by Crippen LogP contribution is 2.21. The summed E-state index contributed by atoms with van der Waals surface area (Å²) in [5.74, 6) is -0.647. The minimum atomic E-state index is -0.511. The number of amides is 1. The summed E-state index contributed by atoms with van der Waals surface area (Å²) in [6.45, 7) is 0. The minimum Gasteiger partial charge on any atom is -0.507 e. The molecule has 6 heteroatoms. The third kappa shape index (κ3) is 3.09. The highest BCUT2D eigenvalue weighted by atomic mass is 35.5. The lowest BCUT2D eigenvalue weighted by atomic mass is 10.2. The molecular weight excluding hydrogens is 272 g/mol. The molecule has 1 heterocycles. The molecule has 92 valence electrons. The van der Waals surface area contributed by atoms with Crippen molar-refractivity contribution in [1.82, 2.24) is 5.43 Å². The Morgan fingerprint density at radius 2 is 2.28 bits per heavy atom. The van der Waals surface area contributed by atoms with Gasteiger partial charge in [0.2, 0.25) is 0 Å². The molecular formula is C12H9ClN2O2S. The number of aromatic hydroxyl groups is 1. The summed E-state index contributed by atoms with van der Waals surface area (Å²) in [5.41, 5.74) is 2.41. The maximum absolute atomic E-state index is 11.7. The van der Waals surface area contributed by atoms with Crippen molar-refractivity contribution in [3.05, 3.63) is 51.2 Å². The summed E-state index contributed by atoms with van der Waals surface area (Å²) in [7, 11) is 0. The highest BCUT2D eigenvalue weighted by Gasteiger charge is 2.10. The van der Waals surface area contributed by atoms with Crippen LogP contribution < -0.4 is 5.43 Å². The molecule has 0 saturated heterocycles. The van der Waals surface area contributed by atoms with E-state index in [1.807, 2.05) is 17.5 Å². The Bertz CT molecular complexity index is 582. The molecule has 1 aromatic carbocycles. The van der Waals surface area contributed by atoms with E-state index < -0.39 is 5.91 Å². The van der Waals surface area contributed by atoms with Gasteiger partial charge in [0.25, 0.3) is 5.91 Å². The second kappa shape index (κ2) is 5.66. The number of hydrogen-bond donors (Lipinski definition) is 2. The normalized spacial score (nSPS) is 10.7. The van der Waals surface area contributed by atoms with Gasteiger partial charge in [-0.15, -0.1) is 11.3 Å². The minimum absolute atomic E-state index is 0.0887. The van der Waals surface area contributed by atoms with Crippen LogP contribution in [0.1, 0.15) is 15.2 Å². The quantitative estimate of drug-likeness (QED) is 0.671. The second-order valence-corrected chi connectivity index (χ2v) is 4.79. The molecule has 0 atom stereocenters. The monoisotopic (exact) mass is 280 g/mol. The van der Waals surface area contributed by atoms with Crippen LogP contribution in [0.4, 0.5) is 0 Å². The molecule has 1 amide bonds. The fourth-order valence-electron chi connectivity index (χ4n) is 1.27. The fourth-order valence-corrected chi connectivity index (χ4v) is 2.03. The maximum Gasteiger partial charge on any atom is 0.275 e. The van der Waals surface area contributed by atoms with Crippen LogP contribution in [0.25, 0.3) is 0 Å². The number of carbonyl (C=O) groups excluding carboxylic acids is 1. The Kier molecular flexibility index (Phi) is 3.96. The first kappa shape index (κ1) is 12.6. The van der Waals surface area contributed by atoms with Gasteiger partial charge in [-0.1, -0.05) is 17.7 Å². The topological polar surface area (TPSA) is 61.7 Å². The van der Waals surface area contributed by atoms with E-state index >= 15 is 0 Å². The SMILES string of the molecule is O=C(N/N=C/c1cccs1)c1cc(Cl)ccc1O. The molecule has 0 aliphatic carbocycles. The predicted octanol–water partition coefficient (Wildman–Crippen LogP) is 2.87. The van der Waals surface area contributed by atoms with E-state index in [1.165, 1.54) is 35.8 Å². The van der Waals surface area contributed by atoms with Gasteiger partial charge >= 0.3 is 0 Å². The van der Waals surface area contributed by atoms with Crippen molar-refractivity contribution in [1.29, 1.82) is 0 Å². The number of nitrogens with one attached hydrogen (secondary N) is 1. The molecule has 2 rings (SSSR count). The average Bonchev–Trinajstić information content (AvgIpc) is 2.85. The summed E-state index contributed by atoms with van der Waals surface area (Å²) in [5, 5.41) is 15.6. The van der Waals surface area contributed by atoms with Crippen molar-refractivity contribution in [3.63, 3.8) is 0 Å². The Labute approximate surface area is 113 Å². The van der Waals surface area contributed by atoms with E-state index in [-0.39, 0.29) is 11.3 Å². The molecule has 0 unspecified atom stereocenters. The van der Waals surface area contributed by atoms with Gasteiger partial charge in [0.05, 0.1) is 11.8 Å². The molecule has 0 radical (unpaired) electrons. The van der Waals surface area contributed by atoms with Crippen molar-refractivity contribution in [2.24, 2.45) is 5.10 Å². The lowest BCUT2D eigenvalue weighted by Crippen LogP contribution is -2.17. The summed E-state index contributed by atoms with van der Waals surface area (Å²) >= 11 is 7.25. The number of hydrogen-bond acceptors (Lipinski definition) is 4. The van der Waals surface area contributed by atoms with Gasteiger partial charge in [-0.3, -0.25) is 4.79 Å². The van der Waals surface area contributed by atoms with Crippen LogP contribution in [0.3, 0.4) is 0 Å². The smallest absolute Gasteiger partial charge is 0.275 e. The van der Waals surface area contributed by atoms with Crippen molar-refractivity contribution < 1.29 is 9.90 Å². The lowest BCUT2D eigenvalue weighted by molar-refractivity contribution is 0.0952. The van der Waals surface area contributed by atoms with Crippen molar-refractivity contribution in [2.45, 2.75) is 0 Å². The van der Waals surface area contributed by atoms with Gasteiger partial charge < -0.3 is 5.11 Å². The summed E-state index contributed by atoms with van der Waals surface area (Å²) in [4.78, 5) is 12.6. The predicted molar refractivity (Wildman–Crippen MR) is 72.5 cm³/mol. The first-order valence-electron chi connectivity index (χ1n) is 5.02. The lowest BCUT2D eigenvalue weighted by Gasteiger charge is -2.02. The van der Waals surface area contributed by atoms with Crippen molar-refractivity contribution in [3.8, 4) is 5.75 Å². The van der Waals surface area contributed by atoms with Gasteiger partial charge in [-0.05, 0) is 29.6 Å². The Hall–Kier alpha value is -1.85. The first-order chi connectivity index (χ1) is 8.66. The van der Waals surface area contributed by atoms with Crippen molar-refractivity contribution >= 4 is 35.1 Å². The Balaban J connectivity index is 2.06. The Morgan fingerprint density at radius 1 is 1.44 bits per heavy atom. The standard InChI is InChI=1S/C12H9ClN2O2S/c13-8-3-4-11(16)10(6-8)12(17)15-14-7-9-2-1-5-18-9/h1-7,16H,(H,15,17)/b14-7+. The van der Waals surface area contributed by atoms with Gasteiger partial charge in [0.1, 0.15) is 5.75 Å². The molecule has 0 bridgehead atoms. The summed E-state index contributed by atoms with van der Waals surface area (Å²) in [6.07, 6.45) is 1.53. The number of phenolic OH excluding ortho intramolecular Hbond substituents is 1. The fraction of sp³-hybridized carbons (Fsp3) is 0. The number of carbonyl (C=O) groups is 1. The first-order valence-corrected chi connectivity index (χ1v) is 6.28. The maximum atomic E-state index is 11.7. The molecule has 0 fully saturated rings. The van der Waals surface area contributed by atoms with Crippen LogP contribution in [-0.4, -0.2) is 17.2 Å². The number of phenols is 1. The molecule has 0 aliphatic heterocycles. The molecule has 1 aromatic heterocycles. The van der Waals surface area contributed by atoms with E-state index in [4.69, 9.17) is 11.6 Å². The molecule has 0 aliphatic rings. The number of rotatable bonds is 3. The number of halogens is 1. The third-order valence-electron chi connectivity index (χ3n) is 2.10. The third-order valence-corrected chi connectivity index (χ3v) is 3.15. The van der Waals surface area contributed by atoms with E-state index in [2.05, 4.69) is 10.5 Å². The van der Waals surface area contributed by atoms with Gasteiger partial charge in [-0.25, -0.2) is 5.43 Å². The molecule has 0 spiro atoms.